The Balaban J connectivity index is 1.59. The van der Waals surface area contributed by atoms with Gasteiger partial charge in [0.1, 0.15) is 6.04 Å². The van der Waals surface area contributed by atoms with Crippen molar-refractivity contribution >= 4 is 40.9 Å². The number of β-lactam (4-membered cyclic amide) rings is 1. The molecule has 0 aromatic carbocycles. The lowest BCUT2D eigenvalue weighted by Gasteiger charge is -2.43. The van der Waals surface area contributed by atoms with Gasteiger partial charge in [-0.2, -0.15) is 0 Å². The number of aliphatic carboxylic acids is 1. The minimum absolute atomic E-state index is 0.194. The van der Waals surface area contributed by atoms with Crippen molar-refractivity contribution in [3.63, 3.8) is 0 Å². The zero-order chi connectivity index (χ0) is 14.3. The Morgan fingerprint density at radius 3 is 2.95 bits per heavy atom. The molecule has 2 fully saturated rings. The molecule has 3 atom stereocenters. The molecule has 0 spiro atoms. The smallest absolute Gasteiger partial charge is 0.337 e. The average molecular weight is 312 g/mol. The van der Waals surface area contributed by atoms with Gasteiger partial charge in [-0.3, -0.25) is 9.59 Å². The van der Waals surface area contributed by atoms with E-state index < -0.39 is 17.4 Å². The van der Waals surface area contributed by atoms with E-state index in [1.807, 2.05) is 17.5 Å². The molecule has 6 nitrogen and oxygen atoms in total. The Morgan fingerprint density at radius 1 is 1.50 bits per heavy atom. The zero-order valence-corrected chi connectivity index (χ0v) is 11.9. The van der Waals surface area contributed by atoms with E-state index in [1.54, 1.807) is 0 Å². The second kappa shape index (κ2) is 5.10. The van der Waals surface area contributed by atoms with E-state index in [2.05, 4.69) is 5.32 Å². The molecule has 0 radical (unpaired) electrons. The van der Waals surface area contributed by atoms with E-state index in [4.69, 9.17) is 5.11 Å². The summed E-state index contributed by atoms with van der Waals surface area (Å²) in [6.45, 7) is 0. The van der Waals surface area contributed by atoms with Crippen LogP contribution in [0.4, 0.5) is 0 Å². The molecule has 106 valence electrons. The molecule has 1 aromatic rings. The lowest BCUT2D eigenvalue weighted by Crippen LogP contribution is -2.71. The van der Waals surface area contributed by atoms with Crippen LogP contribution in [0.1, 0.15) is 4.88 Å². The van der Waals surface area contributed by atoms with Crippen LogP contribution in [0.5, 0.6) is 0 Å². The SMILES string of the molecule is O=C(Cc1cccs1)N[C@@H]1C(=O)N2C(C(=O)O)SCC12. The highest BCUT2D eigenvalue weighted by molar-refractivity contribution is 8.00. The molecule has 2 aliphatic heterocycles. The third kappa shape index (κ3) is 2.18. The van der Waals surface area contributed by atoms with Crippen LogP contribution < -0.4 is 5.32 Å². The summed E-state index contributed by atoms with van der Waals surface area (Å²) in [6.07, 6.45) is 0.254. The molecule has 0 aliphatic carbocycles. The number of nitrogens with zero attached hydrogens (tertiary/aromatic N) is 1. The van der Waals surface area contributed by atoms with Gasteiger partial charge in [0, 0.05) is 10.6 Å². The molecule has 2 saturated heterocycles. The van der Waals surface area contributed by atoms with E-state index in [1.165, 1.54) is 28.0 Å². The topological polar surface area (TPSA) is 86.7 Å². The molecule has 8 heteroatoms. The van der Waals surface area contributed by atoms with Gasteiger partial charge in [-0.15, -0.1) is 23.1 Å². The molecular weight excluding hydrogens is 300 g/mol. The number of hydrogen-bond acceptors (Lipinski definition) is 5. The van der Waals surface area contributed by atoms with Crippen LogP contribution in [0.2, 0.25) is 0 Å². The number of hydrogen-bond donors (Lipinski definition) is 2. The summed E-state index contributed by atoms with van der Waals surface area (Å²) in [5.41, 5.74) is 0. The van der Waals surface area contributed by atoms with Gasteiger partial charge in [0.25, 0.3) is 0 Å². The molecule has 0 bridgehead atoms. The standard InChI is InChI=1S/C12H12N2O4S2/c15-8(4-6-2-1-3-19-6)13-9-7-5-20-11(12(17)18)14(7)10(9)16/h1-3,7,9,11H,4-5H2,(H,13,15)(H,17,18)/t7?,9-,11?/m0/s1. The minimum atomic E-state index is -1.01. The van der Waals surface area contributed by atoms with E-state index in [0.717, 1.165) is 4.88 Å². The first-order valence-electron chi connectivity index (χ1n) is 6.06. The monoisotopic (exact) mass is 312 g/mol. The summed E-state index contributed by atoms with van der Waals surface area (Å²) in [5, 5.41) is 12.8. The maximum atomic E-state index is 11.9. The molecular formula is C12H12N2O4S2. The summed E-state index contributed by atoms with van der Waals surface area (Å²) in [4.78, 5) is 37.1. The molecule has 1 aromatic heterocycles. The third-order valence-electron chi connectivity index (χ3n) is 3.38. The number of nitrogens with one attached hydrogen (secondary N) is 1. The predicted octanol–water partition coefficient (Wildman–Crippen LogP) is 0.144. The third-order valence-corrected chi connectivity index (χ3v) is 5.54. The maximum absolute atomic E-state index is 11.9. The fourth-order valence-corrected chi connectivity index (χ4v) is 4.45. The molecule has 3 rings (SSSR count). The van der Waals surface area contributed by atoms with Gasteiger partial charge in [0.2, 0.25) is 11.8 Å². The van der Waals surface area contributed by atoms with Crippen molar-refractivity contribution < 1.29 is 19.5 Å². The van der Waals surface area contributed by atoms with Crippen LogP contribution in [-0.4, -0.2) is 51.0 Å². The Kier molecular flexibility index (Phi) is 3.43. The van der Waals surface area contributed by atoms with Crippen LogP contribution in [0, 0.1) is 0 Å². The fourth-order valence-electron chi connectivity index (χ4n) is 2.45. The zero-order valence-electron chi connectivity index (χ0n) is 10.3. The van der Waals surface area contributed by atoms with Crippen molar-refractivity contribution in [3.05, 3.63) is 22.4 Å². The summed E-state index contributed by atoms with van der Waals surface area (Å²) in [6, 6.07) is 2.97. The summed E-state index contributed by atoms with van der Waals surface area (Å²) in [5.74, 6) is -0.956. The lowest BCUT2D eigenvalue weighted by molar-refractivity contribution is -0.159. The van der Waals surface area contributed by atoms with Gasteiger partial charge in [0.15, 0.2) is 5.37 Å². The van der Waals surface area contributed by atoms with Gasteiger partial charge >= 0.3 is 5.97 Å². The molecule has 2 aliphatic rings. The van der Waals surface area contributed by atoms with Crippen LogP contribution in [0.15, 0.2) is 17.5 Å². The molecule has 2 amide bonds. The predicted molar refractivity (Wildman–Crippen MR) is 74.5 cm³/mol. The highest BCUT2D eigenvalue weighted by atomic mass is 32.2. The second-order valence-electron chi connectivity index (χ2n) is 4.64. The highest BCUT2D eigenvalue weighted by Gasteiger charge is 2.57. The second-order valence-corrected chi connectivity index (χ2v) is 6.78. The first-order valence-corrected chi connectivity index (χ1v) is 7.99. The largest absolute Gasteiger partial charge is 0.479 e. The quantitative estimate of drug-likeness (QED) is 0.773. The molecule has 2 unspecified atom stereocenters. The Hall–Kier alpha value is -1.54. The number of amides is 2. The summed E-state index contributed by atoms with van der Waals surface area (Å²) in [7, 11) is 0. The van der Waals surface area contributed by atoms with Gasteiger partial charge in [-0.1, -0.05) is 6.07 Å². The minimum Gasteiger partial charge on any atom is -0.479 e. The van der Waals surface area contributed by atoms with Crippen molar-refractivity contribution in [3.8, 4) is 0 Å². The van der Waals surface area contributed by atoms with Crippen molar-refractivity contribution in [2.45, 2.75) is 23.9 Å². The lowest BCUT2D eigenvalue weighted by atomic mass is 9.96. The summed E-state index contributed by atoms with van der Waals surface area (Å²) < 4.78 is 0. The Bertz CT molecular complexity index is 560. The van der Waals surface area contributed by atoms with E-state index >= 15 is 0 Å². The van der Waals surface area contributed by atoms with Crippen LogP contribution in [-0.2, 0) is 20.8 Å². The molecule has 2 N–H and O–H groups in total. The highest BCUT2D eigenvalue weighted by Crippen LogP contribution is 2.38. The van der Waals surface area contributed by atoms with E-state index in [-0.39, 0.29) is 24.3 Å². The number of carboxylic acids is 1. The normalized spacial score (nSPS) is 27.9. The van der Waals surface area contributed by atoms with E-state index in [9.17, 15) is 14.4 Å². The average Bonchev–Trinajstić information content (AvgIpc) is 3.02. The number of carboxylic acid groups (broad SMARTS) is 1. The number of thioether (sulfide) groups is 1. The number of rotatable bonds is 4. The van der Waals surface area contributed by atoms with Crippen molar-refractivity contribution in [2.24, 2.45) is 0 Å². The number of thiophene rings is 1. The van der Waals surface area contributed by atoms with Gasteiger partial charge in [-0.05, 0) is 11.4 Å². The number of carbonyl (C=O) groups excluding carboxylic acids is 2. The molecule has 0 saturated carbocycles. The van der Waals surface area contributed by atoms with Crippen LogP contribution >= 0.6 is 23.1 Å². The molecule has 20 heavy (non-hydrogen) atoms. The van der Waals surface area contributed by atoms with E-state index in [0.29, 0.717) is 5.75 Å². The maximum Gasteiger partial charge on any atom is 0.337 e. The van der Waals surface area contributed by atoms with Crippen LogP contribution in [0.3, 0.4) is 0 Å². The number of carbonyl (C=O) groups is 3. The van der Waals surface area contributed by atoms with Gasteiger partial charge in [0.05, 0.1) is 12.5 Å². The fraction of sp³-hybridized carbons (Fsp3) is 0.417. The first-order chi connectivity index (χ1) is 9.58. The van der Waals surface area contributed by atoms with Crippen LogP contribution in [0.25, 0.3) is 0 Å². The van der Waals surface area contributed by atoms with Gasteiger partial charge < -0.3 is 15.3 Å². The Morgan fingerprint density at radius 2 is 2.30 bits per heavy atom. The van der Waals surface area contributed by atoms with Crippen molar-refractivity contribution in [1.29, 1.82) is 0 Å². The van der Waals surface area contributed by atoms with Gasteiger partial charge in [-0.25, -0.2) is 4.79 Å². The number of fused-ring (bicyclic) bond motifs is 1. The van der Waals surface area contributed by atoms with Crippen molar-refractivity contribution in [1.82, 2.24) is 10.2 Å². The first kappa shape index (κ1) is 13.4. The van der Waals surface area contributed by atoms with Crippen molar-refractivity contribution in [2.75, 3.05) is 5.75 Å². The molecule has 3 heterocycles. The summed E-state index contributed by atoms with van der Waals surface area (Å²) >= 11 is 2.72. The Labute approximate surface area is 123 Å².